The predicted octanol–water partition coefficient (Wildman–Crippen LogP) is 1.67. The molecule has 0 amide bonds. The molecule has 1 N–H and O–H groups in total. The van der Waals surface area contributed by atoms with Crippen LogP contribution in [0.2, 0.25) is 0 Å². The Morgan fingerprint density at radius 2 is 1.94 bits per heavy atom. The fourth-order valence-electron chi connectivity index (χ4n) is 1.80. The van der Waals surface area contributed by atoms with Gasteiger partial charge in [0.05, 0.1) is 5.69 Å². The Balaban J connectivity index is 2.12. The molecule has 0 radical (unpaired) electrons. The Bertz CT molecular complexity index is 705. The number of aromatic nitrogens is 2. The van der Waals surface area contributed by atoms with E-state index in [0.717, 1.165) is 11.4 Å². The van der Waals surface area contributed by atoms with Gasteiger partial charge >= 0.3 is 0 Å². The number of benzene rings is 1. The van der Waals surface area contributed by atoms with Crippen molar-refractivity contribution in [2.45, 2.75) is 0 Å². The van der Waals surface area contributed by atoms with Crippen LogP contribution in [-0.2, 0) is 0 Å². The zero-order valence-corrected chi connectivity index (χ0v) is 10.2. The lowest BCUT2D eigenvalue weighted by atomic mass is 10.2. The quantitative estimate of drug-likeness (QED) is 0.794. The van der Waals surface area contributed by atoms with Crippen LogP contribution in [0.1, 0.15) is 0 Å². The standard InChI is InChI=1S/C12H10N2O3S/c15-11-3-4-14(12(18)13-11)8-1-2-9-10(7-8)17-6-5-16-9/h1-4,7H,5-6H2,(H,13,15,18). The van der Waals surface area contributed by atoms with Gasteiger partial charge in [-0.3, -0.25) is 14.3 Å². The minimum atomic E-state index is -0.214. The summed E-state index contributed by atoms with van der Waals surface area (Å²) < 4.78 is 13.0. The molecule has 1 aliphatic rings. The number of H-pyrrole nitrogens is 1. The molecule has 1 aromatic carbocycles. The maximum absolute atomic E-state index is 11.1. The number of rotatable bonds is 1. The molecule has 0 saturated heterocycles. The molecule has 1 aliphatic heterocycles. The number of ether oxygens (including phenoxy) is 2. The number of aromatic amines is 1. The van der Waals surface area contributed by atoms with Crippen molar-refractivity contribution in [2.75, 3.05) is 13.2 Å². The average molecular weight is 262 g/mol. The molecule has 92 valence electrons. The van der Waals surface area contributed by atoms with Crippen LogP contribution in [-0.4, -0.2) is 22.8 Å². The van der Waals surface area contributed by atoms with Crippen molar-refractivity contribution in [1.82, 2.24) is 9.55 Å². The van der Waals surface area contributed by atoms with E-state index in [4.69, 9.17) is 21.7 Å². The lowest BCUT2D eigenvalue weighted by Gasteiger charge is -2.19. The van der Waals surface area contributed by atoms with Gasteiger partial charge in [0.2, 0.25) is 0 Å². The molecule has 0 fully saturated rings. The normalized spacial score (nSPS) is 13.3. The summed E-state index contributed by atoms with van der Waals surface area (Å²) in [5.41, 5.74) is 0.606. The summed E-state index contributed by atoms with van der Waals surface area (Å²) in [4.78, 5) is 13.7. The highest BCUT2D eigenvalue weighted by Gasteiger charge is 2.12. The maximum atomic E-state index is 11.1. The summed E-state index contributed by atoms with van der Waals surface area (Å²) in [6.45, 7) is 1.10. The predicted molar refractivity (Wildman–Crippen MR) is 68.2 cm³/mol. The first-order valence-electron chi connectivity index (χ1n) is 5.46. The summed E-state index contributed by atoms with van der Waals surface area (Å²) in [7, 11) is 0. The van der Waals surface area contributed by atoms with E-state index in [1.165, 1.54) is 6.07 Å². The van der Waals surface area contributed by atoms with Gasteiger partial charge in [0.25, 0.3) is 5.56 Å². The SMILES string of the molecule is O=c1ccn(-c2ccc3c(c2)OCCO3)c(=S)[nH]1. The Morgan fingerprint density at radius 1 is 1.17 bits per heavy atom. The van der Waals surface area contributed by atoms with Crippen LogP contribution in [0.5, 0.6) is 11.5 Å². The Morgan fingerprint density at radius 3 is 2.72 bits per heavy atom. The van der Waals surface area contributed by atoms with E-state index in [9.17, 15) is 4.79 Å². The molecule has 0 saturated carbocycles. The average Bonchev–Trinajstić information content (AvgIpc) is 2.38. The van der Waals surface area contributed by atoms with Gasteiger partial charge in [0.15, 0.2) is 16.3 Å². The lowest BCUT2D eigenvalue weighted by molar-refractivity contribution is 0.171. The number of fused-ring (bicyclic) bond motifs is 1. The van der Waals surface area contributed by atoms with Crippen LogP contribution < -0.4 is 15.0 Å². The van der Waals surface area contributed by atoms with E-state index >= 15 is 0 Å². The van der Waals surface area contributed by atoms with Crippen molar-refractivity contribution in [3.63, 3.8) is 0 Å². The van der Waals surface area contributed by atoms with Crippen LogP contribution in [0.15, 0.2) is 35.3 Å². The first-order chi connectivity index (χ1) is 8.74. The molecule has 0 atom stereocenters. The second-order valence-corrected chi connectivity index (χ2v) is 4.19. The molecule has 3 rings (SSSR count). The van der Waals surface area contributed by atoms with Gasteiger partial charge in [0, 0.05) is 18.3 Å². The van der Waals surface area contributed by atoms with Crippen LogP contribution in [0.4, 0.5) is 0 Å². The Hall–Kier alpha value is -2.08. The number of hydrogen-bond donors (Lipinski definition) is 1. The van der Waals surface area contributed by atoms with E-state index in [-0.39, 0.29) is 5.56 Å². The summed E-state index contributed by atoms with van der Waals surface area (Å²) >= 11 is 5.11. The smallest absolute Gasteiger partial charge is 0.251 e. The second-order valence-electron chi connectivity index (χ2n) is 3.81. The molecule has 18 heavy (non-hydrogen) atoms. The summed E-state index contributed by atoms with van der Waals surface area (Å²) in [5, 5.41) is 0. The largest absolute Gasteiger partial charge is 0.486 e. The zero-order valence-electron chi connectivity index (χ0n) is 9.38. The van der Waals surface area contributed by atoms with Crippen molar-refractivity contribution < 1.29 is 9.47 Å². The van der Waals surface area contributed by atoms with Gasteiger partial charge < -0.3 is 9.47 Å². The van der Waals surface area contributed by atoms with Gasteiger partial charge in [-0.1, -0.05) is 0 Å². The summed E-state index contributed by atoms with van der Waals surface area (Å²) in [6, 6.07) is 6.95. The second kappa shape index (κ2) is 4.30. The first kappa shape index (κ1) is 11.0. The van der Waals surface area contributed by atoms with E-state index in [1.54, 1.807) is 10.8 Å². The van der Waals surface area contributed by atoms with E-state index in [2.05, 4.69) is 4.98 Å². The molecule has 2 aromatic rings. The van der Waals surface area contributed by atoms with Gasteiger partial charge in [-0.05, 0) is 24.4 Å². The molecule has 6 heteroatoms. The van der Waals surface area contributed by atoms with Crippen molar-refractivity contribution in [2.24, 2.45) is 0 Å². The third-order valence-corrected chi connectivity index (χ3v) is 2.93. The monoisotopic (exact) mass is 262 g/mol. The van der Waals surface area contributed by atoms with Crippen LogP contribution in [0, 0.1) is 4.77 Å². The fraction of sp³-hybridized carbons (Fsp3) is 0.167. The molecule has 0 aliphatic carbocycles. The number of hydrogen-bond acceptors (Lipinski definition) is 4. The first-order valence-corrected chi connectivity index (χ1v) is 5.87. The molecule has 0 unspecified atom stereocenters. The minimum Gasteiger partial charge on any atom is -0.486 e. The Kier molecular flexibility index (Phi) is 2.64. The lowest BCUT2D eigenvalue weighted by Crippen LogP contribution is -2.16. The van der Waals surface area contributed by atoms with Crippen molar-refractivity contribution in [3.05, 3.63) is 45.6 Å². The molecule has 5 nitrogen and oxygen atoms in total. The maximum Gasteiger partial charge on any atom is 0.251 e. The summed E-state index contributed by atoms with van der Waals surface area (Å²) in [5.74, 6) is 1.41. The van der Waals surface area contributed by atoms with Gasteiger partial charge in [-0.2, -0.15) is 0 Å². The van der Waals surface area contributed by atoms with Gasteiger partial charge in [-0.25, -0.2) is 0 Å². The van der Waals surface area contributed by atoms with E-state index < -0.39 is 0 Å². The fourth-order valence-corrected chi connectivity index (χ4v) is 2.07. The molecule has 2 heterocycles. The molecular formula is C12H10N2O3S. The highest BCUT2D eigenvalue weighted by molar-refractivity contribution is 7.71. The van der Waals surface area contributed by atoms with Crippen LogP contribution in [0.3, 0.4) is 0 Å². The zero-order chi connectivity index (χ0) is 12.5. The highest BCUT2D eigenvalue weighted by atomic mass is 32.1. The van der Waals surface area contributed by atoms with Crippen molar-refractivity contribution in [3.8, 4) is 17.2 Å². The van der Waals surface area contributed by atoms with Gasteiger partial charge in [-0.15, -0.1) is 0 Å². The third kappa shape index (κ3) is 1.91. The van der Waals surface area contributed by atoms with Crippen molar-refractivity contribution >= 4 is 12.2 Å². The van der Waals surface area contributed by atoms with Crippen LogP contribution in [0.25, 0.3) is 5.69 Å². The molecule has 1 aromatic heterocycles. The summed E-state index contributed by atoms with van der Waals surface area (Å²) in [6.07, 6.45) is 1.63. The van der Waals surface area contributed by atoms with Crippen LogP contribution >= 0.6 is 12.2 Å². The molecule has 0 bridgehead atoms. The number of nitrogens with zero attached hydrogens (tertiary/aromatic N) is 1. The van der Waals surface area contributed by atoms with Gasteiger partial charge in [0.1, 0.15) is 13.2 Å². The third-order valence-electron chi connectivity index (χ3n) is 2.63. The number of nitrogens with one attached hydrogen (secondary N) is 1. The van der Waals surface area contributed by atoms with Crippen molar-refractivity contribution in [1.29, 1.82) is 0 Å². The van der Waals surface area contributed by atoms with E-state index in [0.29, 0.717) is 23.7 Å². The highest BCUT2D eigenvalue weighted by Crippen LogP contribution is 2.31. The molecule has 0 spiro atoms. The topological polar surface area (TPSA) is 56.2 Å². The Labute approximate surface area is 108 Å². The molecular weight excluding hydrogens is 252 g/mol. The van der Waals surface area contributed by atoms with E-state index in [1.807, 2.05) is 18.2 Å². The minimum absolute atomic E-state index is 0.214.